The van der Waals surface area contributed by atoms with Gasteiger partial charge in [0, 0.05) is 20.2 Å². The number of carbonyl (C=O) groups is 2. The van der Waals surface area contributed by atoms with Gasteiger partial charge < -0.3 is 20.1 Å². The van der Waals surface area contributed by atoms with Gasteiger partial charge in [-0.15, -0.1) is 0 Å². The lowest BCUT2D eigenvalue weighted by Crippen LogP contribution is -2.44. The Morgan fingerprint density at radius 2 is 2.06 bits per heavy atom. The molecule has 0 radical (unpaired) electrons. The van der Waals surface area contributed by atoms with Crippen molar-refractivity contribution >= 4 is 12.0 Å². The fraction of sp³-hybridized carbons (Fsp3) is 0.818. The van der Waals surface area contributed by atoms with E-state index in [1.54, 1.807) is 0 Å². The summed E-state index contributed by atoms with van der Waals surface area (Å²) in [5, 5.41) is 11.4. The number of unbranched alkanes of at least 4 members (excludes halogenated alkanes) is 2. The molecule has 6 nitrogen and oxygen atoms in total. The highest BCUT2D eigenvalue weighted by molar-refractivity contribution is 5.80. The summed E-state index contributed by atoms with van der Waals surface area (Å²) >= 11 is 0. The van der Waals surface area contributed by atoms with Gasteiger partial charge in [0.25, 0.3) is 0 Å². The van der Waals surface area contributed by atoms with Crippen molar-refractivity contribution in [3.05, 3.63) is 0 Å². The summed E-state index contributed by atoms with van der Waals surface area (Å²) in [6, 6.07) is -0.347. The molecule has 0 spiro atoms. The maximum Gasteiger partial charge on any atom is 0.323 e. The molecule has 6 heteroatoms. The van der Waals surface area contributed by atoms with Crippen LogP contribution in [0.5, 0.6) is 0 Å². The second kappa shape index (κ2) is 9.89. The minimum absolute atomic E-state index is 0.280. The topological polar surface area (TPSA) is 78.9 Å². The quantitative estimate of drug-likeness (QED) is 0.593. The molecule has 2 amide bonds. The normalized spacial score (nSPS) is 10.0. The number of hydrogen-bond acceptors (Lipinski definition) is 3. The van der Waals surface area contributed by atoms with E-state index >= 15 is 0 Å². The summed E-state index contributed by atoms with van der Waals surface area (Å²) in [6.45, 7) is 2.97. The number of methoxy groups -OCH3 is 1. The summed E-state index contributed by atoms with van der Waals surface area (Å²) in [6.07, 6.45) is 3.04. The minimum Gasteiger partial charge on any atom is -0.480 e. The van der Waals surface area contributed by atoms with E-state index in [9.17, 15) is 9.59 Å². The van der Waals surface area contributed by atoms with Crippen molar-refractivity contribution in [1.82, 2.24) is 10.2 Å². The zero-order chi connectivity index (χ0) is 13.1. The van der Waals surface area contributed by atoms with Crippen LogP contribution in [0.15, 0.2) is 0 Å². The van der Waals surface area contributed by atoms with Crippen LogP contribution in [0.1, 0.15) is 26.2 Å². The van der Waals surface area contributed by atoms with Gasteiger partial charge in [0.15, 0.2) is 0 Å². The number of ether oxygens (including phenoxy) is 1. The SMILES string of the molecule is CCCCCNC(=O)N(CCOC)CC(=O)O. The number of hydrogen-bond donors (Lipinski definition) is 2. The molecule has 0 aliphatic carbocycles. The van der Waals surface area contributed by atoms with E-state index < -0.39 is 5.97 Å². The first-order valence-electron chi connectivity index (χ1n) is 5.85. The number of rotatable bonds is 9. The van der Waals surface area contributed by atoms with Gasteiger partial charge in [-0.1, -0.05) is 19.8 Å². The van der Waals surface area contributed by atoms with Crippen molar-refractivity contribution in [2.75, 3.05) is 33.4 Å². The Kier molecular flexibility index (Phi) is 9.14. The van der Waals surface area contributed by atoms with Gasteiger partial charge in [-0.05, 0) is 6.42 Å². The molecule has 0 saturated heterocycles. The van der Waals surface area contributed by atoms with E-state index in [4.69, 9.17) is 9.84 Å². The molecular formula is C11H22N2O4. The first-order valence-corrected chi connectivity index (χ1v) is 5.85. The molecule has 100 valence electrons. The fourth-order valence-corrected chi connectivity index (χ4v) is 1.30. The average molecular weight is 246 g/mol. The standard InChI is InChI=1S/C11H22N2O4/c1-3-4-5-6-12-11(16)13(7-8-17-2)9-10(14)15/h3-9H2,1-2H3,(H,12,16)(H,14,15). The summed E-state index contributed by atoms with van der Waals surface area (Å²) in [4.78, 5) is 23.5. The fourth-order valence-electron chi connectivity index (χ4n) is 1.30. The molecule has 0 aliphatic rings. The highest BCUT2D eigenvalue weighted by Crippen LogP contribution is 1.94. The number of urea groups is 1. The van der Waals surface area contributed by atoms with Crippen molar-refractivity contribution in [2.45, 2.75) is 26.2 Å². The van der Waals surface area contributed by atoms with E-state index in [-0.39, 0.29) is 19.1 Å². The molecule has 0 aromatic rings. The predicted octanol–water partition coefficient (Wildman–Crippen LogP) is 0.919. The van der Waals surface area contributed by atoms with E-state index in [2.05, 4.69) is 12.2 Å². The van der Waals surface area contributed by atoms with E-state index in [0.717, 1.165) is 19.3 Å². The van der Waals surface area contributed by atoms with Crippen LogP contribution in [0.2, 0.25) is 0 Å². The van der Waals surface area contributed by atoms with Crippen LogP contribution in [0.25, 0.3) is 0 Å². The number of carbonyl (C=O) groups excluding carboxylic acids is 1. The molecule has 0 rings (SSSR count). The van der Waals surface area contributed by atoms with Gasteiger partial charge in [0.05, 0.1) is 6.61 Å². The van der Waals surface area contributed by atoms with Crippen LogP contribution in [0, 0.1) is 0 Å². The zero-order valence-corrected chi connectivity index (χ0v) is 10.6. The van der Waals surface area contributed by atoms with E-state index in [1.165, 1.54) is 12.0 Å². The minimum atomic E-state index is -1.02. The van der Waals surface area contributed by atoms with Crippen LogP contribution in [0.3, 0.4) is 0 Å². The first-order chi connectivity index (χ1) is 8.11. The average Bonchev–Trinajstić information content (AvgIpc) is 2.29. The lowest BCUT2D eigenvalue weighted by Gasteiger charge is -2.20. The molecule has 17 heavy (non-hydrogen) atoms. The Labute approximate surface area is 102 Å². The Morgan fingerprint density at radius 3 is 2.59 bits per heavy atom. The highest BCUT2D eigenvalue weighted by Gasteiger charge is 2.15. The summed E-state index contributed by atoms with van der Waals surface area (Å²) in [7, 11) is 1.51. The van der Waals surface area contributed by atoms with Crippen molar-refractivity contribution in [1.29, 1.82) is 0 Å². The van der Waals surface area contributed by atoms with Crippen molar-refractivity contribution < 1.29 is 19.4 Å². The number of nitrogens with one attached hydrogen (secondary N) is 1. The van der Waals surface area contributed by atoms with Gasteiger partial charge in [0.1, 0.15) is 6.54 Å². The number of aliphatic carboxylic acids is 1. The molecule has 0 unspecified atom stereocenters. The van der Waals surface area contributed by atoms with Crippen molar-refractivity contribution in [3.63, 3.8) is 0 Å². The summed E-state index contributed by atoms with van der Waals surface area (Å²) in [5.74, 6) is -1.02. The second-order valence-electron chi connectivity index (χ2n) is 3.75. The van der Waals surface area contributed by atoms with Crippen LogP contribution >= 0.6 is 0 Å². The van der Waals surface area contributed by atoms with Crippen molar-refractivity contribution in [3.8, 4) is 0 Å². The van der Waals surface area contributed by atoms with Gasteiger partial charge >= 0.3 is 12.0 Å². The van der Waals surface area contributed by atoms with E-state index in [1.807, 2.05) is 0 Å². The van der Waals surface area contributed by atoms with Gasteiger partial charge in [-0.3, -0.25) is 4.79 Å². The van der Waals surface area contributed by atoms with Gasteiger partial charge in [-0.2, -0.15) is 0 Å². The number of carboxylic acids is 1. The molecule has 0 saturated carbocycles. The predicted molar refractivity (Wildman–Crippen MR) is 64.0 cm³/mol. The maximum absolute atomic E-state index is 11.6. The molecule has 2 N–H and O–H groups in total. The smallest absolute Gasteiger partial charge is 0.323 e. The molecule has 0 aliphatic heterocycles. The maximum atomic E-state index is 11.6. The van der Waals surface area contributed by atoms with Crippen LogP contribution in [0.4, 0.5) is 4.79 Å². The molecule has 0 aromatic heterocycles. The Hall–Kier alpha value is -1.30. The van der Waals surface area contributed by atoms with Crippen LogP contribution in [-0.2, 0) is 9.53 Å². The first kappa shape index (κ1) is 15.7. The third kappa shape index (κ3) is 8.50. The number of carboxylic acid groups (broad SMARTS) is 1. The summed E-state index contributed by atoms with van der Waals surface area (Å²) in [5.41, 5.74) is 0. The van der Waals surface area contributed by atoms with Crippen LogP contribution < -0.4 is 5.32 Å². The molecule has 0 fully saturated rings. The third-order valence-electron chi connectivity index (χ3n) is 2.24. The Bertz CT molecular complexity index is 234. The molecule has 0 aromatic carbocycles. The third-order valence-corrected chi connectivity index (χ3v) is 2.24. The van der Waals surface area contributed by atoms with Gasteiger partial charge in [-0.25, -0.2) is 4.79 Å². The lowest BCUT2D eigenvalue weighted by atomic mass is 10.2. The lowest BCUT2D eigenvalue weighted by molar-refractivity contribution is -0.137. The summed E-state index contributed by atoms with van der Waals surface area (Å²) < 4.78 is 4.83. The Balaban J connectivity index is 3.98. The second-order valence-corrected chi connectivity index (χ2v) is 3.75. The number of amides is 2. The molecule has 0 heterocycles. The molecule has 0 bridgehead atoms. The Morgan fingerprint density at radius 1 is 1.35 bits per heavy atom. The monoisotopic (exact) mass is 246 g/mol. The number of nitrogens with zero attached hydrogens (tertiary/aromatic N) is 1. The molecular weight excluding hydrogens is 224 g/mol. The largest absolute Gasteiger partial charge is 0.480 e. The highest BCUT2D eigenvalue weighted by atomic mass is 16.5. The van der Waals surface area contributed by atoms with E-state index in [0.29, 0.717) is 13.2 Å². The zero-order valence-electron chi connectivity index (χ0n) is 10.6. The van der Waals surface area contributed by atoms with Crippen LogP contribution in [-0.4, -0.2) is 55.4 Å². The molecule has 0 atom stereocenters. The van der Waals surface area contributed by atoms with Gasteiger partial charge in [0.2, 0.25) is 0 Å². The van der Waals surface area contributed by atoms with Crippen molar-refractivity contribution in [2.24, 2.45) is 0 Å².